The minimum atomic E-state index is 0.671. The smallest absolute Gasteiger partial charge is 0.0731 e. The van der Waals surface area contributed by atoms with Crippen LogP contribution in [0.1, 0.15) is 0 Å². The van der Waals surface area contributed by atoms with E-state index in [1.54, 1.807) is 0 Å². The van der Waals surface area contributed by atoms with E-state index < -0.39 is 0 Å². The summed E-state index contributed by atoms with van der Waals surface area (Å²) in [7, 11) is 0. The van der Waals surface area contributed by atoms with Crippen LogP contribution in [0.25, 0.3) is 21.8 Å². The predicted octanol–water partition coefficient (Wildman–Crippen LogP) is 2.13. The minimum Gasteiger partial charge on any atom is -0.399 e. The topological polar surface area (TPSA) is 90.9 Å². The molecule has 4 heteroatoms. The molecule has 0 aliphatic heterocycles. The molecule has 3 aromatic rings. The summed E-state index contributed by atoms with van der Waals surface area (Å²) in [6.07, 6.45) is 0. The van der Waals surface area contributed by atoms with Crippen LogP contribution >= 0.6 is 0 Å². The highest BCUT2D eigenvalue weighted by atomic mass is 14.7. The molecular formula is C13H12N4. The molecule has 0 fully saturated rings. The van der Waals surface area contributed by atoms with Crippen molar-refractivity contribution in [1.82, 2.24) is 4.98 Å². The van der Waals surface area contributed by atoms with Gasteiger partial charge in [0.1, 0.15) is 0 Å². The summed E-state index contributed by atoms with van der Waals surface area (Å²) in [4.78, 5) is 4.53. The Labute approximate surface area is 98.0 Å². The van der Waals surface area contributed by atoms with Crippen molar-refractivity contribution in [1.29, 1.82) is 0 Å². The number of hydrogen-bond donors (Lipinski definition) is 3. The number of aromatic nitrogens is 1. The molecule has 0 atom stereocenters. The van der Waals surface area contributed by atoms with Crippen molar-refractivity contribution < 1.29 is 0 Å². The van der Waals surface area contributed by atoms with E-state index in [2.05, 4.69) is 4.98 Å². The van der Waals surface area contributed by atoms with Gasteiger partial charge in [-0.25, -0.2) is 4.98 Å². The highest BCUT2D eigenvalue weighted by molar-refractivity contribution is 6.07. The van der Waals surface area contributed by atoms with Crippen LogP contribution < -0.4 is 17.2 Å². The molecule has 4 nitrogen and oxygen atoms in total. The summed E-state index contributed by atoms with van der Waals surface area (Å²) in [6.45, 7) is 0. The number of fused-ring (bicyclic) bond motifs is 2. The number of benzene rings is 2. The first-order valence-electron chi connectivity index (χ1n) is 5.29. The lowest BCUT2D eigenvalue weighted by Gasteiger charge is -2.07. The minimum absolute atomic E-state index is 0.671. The van der Waals surface area contributed by atoms with E-state index in [0.717, 1.165) is 21.8 Å². The summed E-state index contributed by atoms with van der Waals surface area (Å²) in [5.41, 5.74) is 21.4. The van der Waals surface area contributed by atoms with Crippen molar-refractivity contribution in [2.45, 2.75) is 0 Å². The molecule has 0 aliphatic rings. The summed E-state index contributed by atoms with van der Waals surface area (Å²) in [5, 5.41) is 1.73. The maximum Gasteiger partial charge on any atom is 0.0731 e. The molecule has 0 bridgehead atoms. The van der Waals surface area contributed by atoms with Crippen LogP contribution in [0.4, 0.5) is 17.1 Å². The Morgan fingerprint density at radius 1 is 0.706 bits per heavy atom. The number of anilines is 3. The van der Waals surface area contributed by atoms with Gasteiger partial charge in [0.15, 0.2) is 0 Å². The van der Waals surface area contributed by atoms with Gasteiger partial charge in [-0.05, 0) is 36.4 Å². The van der Waals surface area contributed by atoms with Crippen molar-refractivity contribution in [3.8, 4) is 0 Å². The summed E-state index contributed by atoms with van der Waals surface area (Å²) >= 11 is 0. The van der Waals surface area contributed by atoms with Gasteiger partial charge < -0.3 is 17.2 Å². The SMILES string of the molecule is Nc1ccc2nc3ccc(N)cc3c(N)c2c1. The summed E-state index contributed by atoms with van der Waals surface area (Å²) in [6, 6.07) is 11.0. The fourth-order valence-corrected chi connectivity index (χ4v) is 2.01. The van der Waals surface area contributed by atoms with E-state index in [0.29, 0.717) is 17.1 Å². The average Bonchev–Trinajstić information content (AvgIpc) is 2.32. The second-order valence-corrected chi connectivity index (χ2v) is 4.08. The maximum atomic E-state index is 6.14. The van der Waals surface area contributed by atoms with Gasteiger partial charge in [-0.2, -0.15) is 0 Å². The van der Waals surface area contributed by atoms with Crippen molar-refractivity contribution in [3.05, 3.63) is 36.4 Å². The lowest BCUT2D eigenvalue weighted by atomic mass is 10.1. The Hall–Kier alpha value is -2.49. The van der Waals surface area contributed by atoms with Crippen LogP contribution in [-0.2, 0) is 0 Å². The Kier molecular flexibility index (Phi) is 1.86. The molecule has 1 aromatic heterocycles. The molecule has 6 N–H and O–H groups in total. The van der Waals surface area contributed by atoms with E-state index in [-0.39, 0.29) is 0 Å². The number of nitrogen functional groups attached to an aromatic ring is 3. The number of nitrogens with zero attached hydrogens (tertiary/aromatic N) is 1. The Morgan fingerprint density at radius 3 is 1.65 bits per heavy atom. The second-order valence-electron chi connectivity index (χ2n) is 4.08. The lowest BCUT2D eigenvalue weighted by Crippen LogP contribution is -1.95. The first-order valence-corrected chi connectivity index (χ1v) is 5.29. The van der Waals surface area contributed by atoms with Gasteiger partial charge in [0, 0.05) is 22.1 Å². The molecule has 0 saturated carbocycles. The number of nitrogens with two attached hydrogens (primary N) is 3. The zero-order chi connectivity index (χ0) is 12.0. The van der Waals surface area contributed by atoms with Crippen molar-refractivity contribution in [2.24, 2.45) is 0 Å². The van der Waals surface area contributed by atoms with Gasteiger partial charge in [-0.15, -0.1) is 0 Å². The van der Waals surface area contributed by atoms with Crippen molar-refractivity contribution in [2.75, 3.05) is 17.2 Å². The molecule has 1 heterocycles. The van der Waals surface area contributed by atoms with Crippen LogP contribution in [0.2, 0.25) is 0 Å². The van der Waals surface area contributed by atoms with E-state index in [1.165, 1.54) is 0 Å². The average molecular weight is 224 g/mol. The largest absolute Gasteiger partial charge is 0.399 e. The molecule has 0 spiro atoms. The van der Waals surface area contributed by atoms with Gasteiger partial charge in [-0.3, -0.25) is 0 Å². The quantitative estimate of drug-likeness (QED) is 0.403. The number of rotatable bonds is 0. The lowest BCUT2D eigenvalue weighted by molar-refractivity contribution is 1.50. The normalized spacial score (nSPS) is 11.1. The molecule has 0 amide bonds. The van der Waals surface area contributed by atoms with E-state index in [9.17, 15) is 0 Å². The van der Waals surface area contributed by atoms with E-state index >= 15 is 0 Å². The predicted molar refractivity (Wildman–Crippen MR) is 72.5 cm³/mol. The monoisotopic (exact) mass is 224 g/mol. The zero-order valence-corrected chi connectivity index (χ0v) is 9.14. The molecule has 2 aromatic carbocycles. The third-order valence-electron chi connectivity index (χ3n) is 2.86. The number of pyridine rings is 1. The van der Waals surface area contributed by atoms with Gasteiger partial charge in [-0.1, -0.05) is 0 Å². The van der Waals surface area contributed by atoms with Crippen molar-refractivity contribution >= 4 is 38.9 Å². The van der Waals surface area contributed by atoms with Crippen molar-refractivity contribution in [3.63, 3.8) is 0 Å². The van der Waals surface area contributed by atoms with Gasteiger partial charge in [0.05, 0.1) is 16.7 Å². The first kappa shape index (κ1) is 9.72. The maximum absolute atomic E-state index is 6.14. The Morgan fingerprint density at radius 2 is 1.18 bits per heavy atom. The van der Waals surface area contributed by atoms with Crippen LogP contribution in [0.5, 0.6) is 0 Å². The van der Waals surface area contributed by atoms with Gasteiger partial charge >= 0.3 is 0 Å². The third kappa shape index (κ3) is 1.42. The molecular weight excluding hydrogens is 212 g/mol. The molecule has 0 unspecified atom stereocenters. The standard InChI is InChI=1S/C13H12N4/c14-7-1-3-11-9(5-7)13(16)10-6-8(15)2-4-12(10)17-11/h1-6H,14-15H2,(H2,16,17). The second kappa shape index (κ2) is 3.25. The molecule has 0 radical (unpaired) electrons. The van der Waals surface area contributed by atoms with Gasteiger partial charge in [0.2, 0.25) is 0 Å². The summed E-state index contributed by atoms with van der Waals surface area (Å²) in [5.74, 6) is 0. The fourth-order valence-electron chi connectivity index (χ4n) is 2.01. The molecule has 84 valence electrons. The van der Waals surface area contributed by atoms with Crippen LogP contribution in [-0.4, -0.2) is 4.98 Å². The van der Waals surface area contributed by atoms with Crippen LogP contribution in [0.3, 0.4) is 0 Å². The number of hydrogen-bond acceptors (Lipinski definition) is 4. The van der Waals surface area contributed by atoms with E-state index in [4.69, 9.17) is 17.2 Å². The van der Waals surface area contributed by atoms with Gasteiger partial charge in [0.25, 0.3) is 0 Å². The highest BCUT2D eigenvalue weighted by Gasteiger charge is 2.06. The summed E-state index contributed by atoms with van der Waals surface area (Å²) < 4.78 is 0. The van der Waals surface area contributed by atoms with E-state index in [1.807, 2.05) is 36.4 Å². The molecule has 0 saturated heterocycles. The molecule has 3 rings (SSSR count). The van der Waals surface area contributed by atoms with Crippen LogP contribution in [0.15, 0.2) is 36.4 Å². The highest BCUT2D eigenvalue weighted by Crippen LogP contribution is 2.30. The third-order valence-corrected chi connectivity index (χ3v) is 2.86. The first-order chi connectivity index (χ1) is 8.15. The molecule has 0 aliphatic carbocycles. The fraction of sp³-hybridized carbons (Fsp3) is 0. The van der Waals surface area contributed by atoms with Crippen LogP contribution in [0, 0.1) is 0 Å². The zero-order valence-electron chi connectivity index (χ0n) is 9.14. The molecule has 17 heavy (non-hydrogen) atoms. The Balaban J connectivity index is 2.53. The Bertz CT molecular complexity index is 674.